The van der Waals surface area contributed by atoms with Crippen LogP contribution in [0.5, 0.6) is 0 Å². The second kappa shape index (κ2) is 6.27. The molecule has 5 heteroatoms. The monoisotopic (exact) mass is 216 g/mol. The van der Waals surface area contributed by atoms with Crippen LogP contribution in [0.2, 0.25) is 0 Å². The molecule has 1 atom stereocenters. The summed E-state index contributed by atoms with van der Waals surface area (Å²) in [6.45, 7) is 4.66. The van der Waals surface area contributed by atoms with Gasteiger partial charge in [-0.2, -0.15) is 0 Å². The zero-order valence-corrected chi connectivity index (χ0v) is 10.1. The Balaban J connectivity index is 4.18. The molecule has 0 N–H and O–H groups in total. The molecule has 0 heterocycles. The summed E-state index contributed by atoms with van der Waals surface area (Å²) < 4.78 is 4.59. The molecule has 1 unspecified atom stereocenters. The Morgan fingerprint density at radius 2 is 1.80 bits per heavy atom. The molecule has 0 aromatic heterocycles. The van der Waals surface area contributed by atoms with Crippen molar-refractivity contribution in [2.45, 2.75) is 13.8 Å². The van der Waals surface area contributed by atoms with Gasteiger partial charge in [-0.05, 0) is 6.92 Å². The largest absolute Gasteiger partial charge is 0.469 e. The smallest absolute Gasteiger partial charge is 0.319 e. The average molecular weight is 216 g/mol. The van der Waals surface area contributed by atoms with Gasteiger partial charge >= 0.3 is 12.0 Å². The Bertz CT molecular complexity index is 231. The van der Waals surface area contributed by atoms with E-state index in [4.69, 9.17) is 0 Å². The predicted molar refractivity (Wildman–Crippen MR) is 57.5 cm³/mol. The quantitative estimate of drug-likeness (QED) is 0.653. The van der Waals surface area contributed by atoms with Crippen molar-refractivity contribution < 1.29 is 14.3 Å². The maximum Gasteiger partial charge on any atom is 0.319 e. The van der Waals surface area contributed by atoms with Gasteiger partial charge in [-0.15, -0.1) is 0 Å². The van der Waals surface area contributed by atoms with Crippen LogP contribution in [0.1, 0.15) is 13.8 Å². The number of methoxy groups -OCH3 is 1. The lowest BCUT2D eigenvalue weighted by Crippen LogP contribution is -2.41. The summed E-state index contributed by atoms with van der Waals surface area (Å²) in [6.07, 6.45) is 0. The topological polar surface area (TPSA) is 49.9 Å². The standard InChI is InChI=1S/C10H20N2O3/c1-6-11(3)10(14)12(4)7-8(2)9(13)15-5/h8H,6-7H2,1-5H3. The highest BCUT2D eigenvalue weighted by Gasteiger charge is 2.19. The number of esters is 1. The highest BCUT2D eigenvalue weighted by molar-refractivity contribution is 5.76. The molecule has 0 aromatic carbocycles. The first-order valence-electron chi connectivity index (χ1n) is 4.98. The van der Waals surface area contributed by atoms with Crippen LogP contribution in [-0.2, 0) is 9.53 Å². The number of carbonyl (C=O) groups excluding carboxylic acids is 2. The van der Waals surface area contributed by atoms with Gasteiger partial charge in [-0.3, -0.25) is 4.79 Å². The van der Waals surface area contributed by atoms with E-state index < -0.39 is 0 Å². The van der Waals surface area contributed by atoms with E-state index >= 15 is 0 Å². The SMILES string of the molecule is CCN(C)C(=O)N(C)CC(C)C(=O)OC. The molecule has 15 heavy (non-hydrogen) atoms. The minimum atomic E-state index is -0.297. The van der Waals surface area contributed by atoms with E-state index in [2.05, 4.69) is 4.74 Å². The van der Waals surface area contributed by atoms with Gasteiger partial charge in [0, 0.05) is 27.2 Å². The molecule has 0 aromatic rings. The molecule has 0 bridgehead atoms. The molecule has 0 fully saturated rings. The van der Waals surface area contributed by atoms with E-state index in [9.17, 15) is 9.59 Å². The van der Waals surface area contributed by atoms with E-state index in [-0.39, 0.29) is 17.9 Å². The Morgan fingerprint density at radius 1 is 1.27 bits per heavy atom. The highest BCUT2D eigenvalue weighted by Crippen LogP contribution is 2.02. The summed E-state index contributed by atoms with van der Waals surface area (Å²) in [7, 11) is 4.74. The van der Waals surface area contributed by atoms with Crippen molar-refractivity contribution in [1.29, 1.82) is 0 Å². The highest BCUT2D eigenvalue weighted by atomic mass is 16.5. The molecule has 0 radical (unpaired) electrons. The van der Waals surface area contributed by atoms with Crippen LogP contribution < -0.4 is 0 Å². The molecular formula is C10H20N2O3. The zero-order valence-electron chi connectivity index (χ0n) is 10.1. The molecule has 0 saturated heterocycles. The van der Waals surface area contributed by atoms with Crippen LogP contribution in [0, 0.1) is 5.92 Å². The van der Waals surface area contributed by atoms with Gasteiger partial charge in [0.15, 0.2) is 0 Å². The third-order valence-corrected chi connectivity index (χ3v) is 2.28. The van der Waals surface area contributed by atoms with Crippen molar-refractivity contribution >= 4 is 12.0 Å². The Kier molecular flexibility index (Phi) is 5.74. The molecule has 0 aliphatic rings. The van der Waals surface area contributed by atoms with Crippen molar-refractivity contribution in [3.05, 3.63) is 0 Å². The van der Waals surface area contributed by atoms with Gasteiger partial charge in [0.05, 0.1) is 13.0 Å². The molecule has 5 nitrogen and oxygen atoms in total. The van der Waals surface area contributed by atoms with Crippen LogP contribution >= 0.6 is 0 Å². The third-order valence-electron chi connectivity index (χ3n) is 2.28. The number of hydrogen-bond acceptors (Lipinski definition) is 3. The van der Waals surface area contributed by atoms with Gasteiger partial charge in [-0.1, -0.05) is 6.92 Å². The molecule has 0 rings (SSSR count). The van der Waals surface area contributed by atoms with E-state index in [0.29, 0.717) is 13.1 Å². The van der Waals surface area contributed by atoms with Gasteiger partial charge in [-0.25, -0.2) is 4.79 Å². The maximum absolute atomic E-state index is 11.6. The van der Waals surface area contributed by atoms with Gasteiger partial charge in [0.1, 0.15) is 0 Å². The molecule has 2 amide bonds. The summed E-state index contributed by atoms with van der Waals surface area (Å²) in [5, 5.41) is 0. The average Bonchev–Trinajstić information content (AvgIpc) is 2.25. The van der Waals surface area contributed by atoms with Crippen molar-refractivity contribution in [2.75, 3.05) is 34.3 Å². The first-order chi connectivity index (χ1) is 6.93. The number of hydrogen-bond donors (Lipinski definition) is 0. The van der Waals surface area contributed by atoms with Crippen molar-refractivity contribution in [2.24, 2.45) is 5.92 Å². The van der Waals surface area contributed by atoms with E-state index in [1.165, 1.54) is 12.0 Å². The molecule has 0 saturated carbocycles. The molecular weight excluding hydrogens is 196 g/mol. The minimum Gasteiger partial charge on any atom is -0.469 e. The maximum atomic E-state index is 11.6. The van der Waals surface area contributed by atoms with Crippen molar-refractivity contribution in [3.63, 3.8) is 0 Å². The van der Waals surface area contributed by atoms with Crippen molar-refractivity contribution in [1.82, 2.24) is 9.80 Å². The summed E-state index contributed by atoms with van der Waals surface area (Å²) >= 11 is 0. The number of amides is 2. The Hall–Kier alpha value is -1.26. The van der Waals surface area contributed by atoms with Gasteiger partial charge < -0.3 is 14.5 Å². The second-order valence-corrected chi connectivity index (χ2v) is 3.60. The van der Waals surface area contributed by atoms with Gasteiger partial charge in [0.2, 0.25) is 0 Å². The van der Waals surface area contributed by atoms with Crippen molar-refractivity contribution in [3.8, 4) is 0 Å². The number of nitrogens with zero attached hydrogens (tertiary/aromatic N) is 2. The molecule has 0 aliphatic carbocycles. The summed E-state index contributed by atoms with van der Waals surface area (Å²) in [5.41, 5.74) is 0. The van der Waals surface area contributed by atoms with Crippen LogP contribution in [0.3, 0.4) is 0 Å². The first-order valence-corrected chi connectivity index (χ1v) is 4.98. The van der Waals surface area contributed by atoms with Gasteiger partial charge in [0.25, 0.3) is 0 Å². The number of carbonyl (C=O) groups is 2. The normalized spacial score (nSPS) is 11.8. The number of ether oxygens (including phenoxy) is 1. The fourth-order valence-electron chi connectivity index (χ4n) is 1.19. The minimum absolute atomic E-state index is 0.0896. The van der Waals surface area contributed by atoms with Crippen LogP contribution in [0.4, 0.5) is 4.79 Å². The lowest BCUT2D eigenvalue weighted by atomic mass is 10.2. The number of urea groups is 1. The third kappa shape index (κ3) is 4.18. The molecule has 0 spiro atoms. The van der Waals surface area contributed by atoms with E-state index in [1.54, 1.807) is 25.9 Å². The fourth-order valence-corrected chi connectivity index (χ4v) is 1.19. The lowest BCUT2D eigenvalue weighted by molar-refractivity contribution is -0.145. The van der Waals surface area contributed by atoms with E-state index in [1.807, 2.05) is 6.92 Å². The van der Waals surface area contributed by atoms with Crippen LogP contribution in [-0.4, -0.2) is 56.1 Å². The second-order valence-electron chi connectivity index (χ2n) is 3.60. The molecule has 0 aliphatic heterocycles. The fraction of sp³-hybridized carbons (Fsp3) is 0.800. The van der Waals surface area contributed by atoms with E-state index in [0.717, 1.165) is 0 Å². The Morgan fingerprint density at radius 3 is 2.20 bits per heavy atom. The zero-order chi connectivity index (χ0) is 12.0. The van der Waals surface area contributed by atoms with Crippen LogP contribution in [0.25, 0.3) is 0 Å². The summed E-state index contributed by atoms with van der Waals surface area (Å²) in [5.74, 6) is -0.594. The first kappa shape index (κ1) is 13.7. The van der Waals surface area contributed by atoms with Crippen LogP contribution in [0.15, 0.2) is 0 Å². The molecule has 88 valence electrons. The predicted octanol–water partition coefficient (Wildman–Crippen LogP) is 0.799. The lowest BCUT2D eigenvalue weighted by Gasteiger charge is -2.25. The summed E-state index contributed by atoms with van der Waals surface area (Å²) in [4.78, 5) is 25.9. The summed E-state index contributed by atoms with van der Waals surface area (Å²) in [6, 6.07) is -0.0896. The Labute approximate surface area is 91.0 Å². The number of rotatable bonds is 4.